The average molecular weight is 529 g/mol. The van der Waals surface area contributed by atoms with Gasteiger partial charge in [0.15, 0.2) is 0 Å². The largest absolute Gasteiger partial charge is 0.444 e. The number of carbonyl (C=O) groups is 2. The van der Waals surface area contributed by atoms with Crippen LogP contribution in [0, 0.1) is 0 Å². The van der Waals surface area contributed by atoms with Crippen molar-refractivity contribution in [1.82, 2.24) is 20.6 Å². The number of aromatic nitrogens is 2. The zero-order valence-corrected chi connectivity index (χ0v) is 23.2. The Labute approximate surface area is 224 Å². The maximum absolute atomic E-state index is 12.4. The van der Waals surface area contributed by atoms with Crippen LogP contribution in [-0.4, -0.2) is 59.7 Å². The second-order valence-electron chi connectivity index (χ2n) is 10.5. The molecule has 2 N–H and O–H groups in total. The SMILES string of the molecule is C=CCO[C@H](CNC(=O)OC(C)(C)C)c1nc2ccccc2nc1[C@@H](CNC(=O)OC(C)(C)C)OCC=C. The molecule has 0 spiro atoms. The molecular formula is C28H40N4O6. The van der Waals surface area contributed by atoms with Crippen molar-refractivity contribution in [3.8, 4) is 0 Å². The van der Waals surface area contributed by atoms with E-state index in [1.807, 2.05) is 24.3 Å². The zero-order chi connectivity index (χ0) is 28.3. The number of para-hydroxylation sites is 2. The van der Waals surface area contributed by atoms with Crippen molar-refractivity contribution in [1.29, 1.82) is 0 Å². The first-order valence-electron chi connectivity index (χ1n) is 12.5. The summed E-state index contributed by atoms with van der Waals surface area (Å²) in [5, 5.41) is 5.49. The molecule has 10 nitrogen and oxygen atoms in total. The van der Waals surface area contributed by atoms with E-state index in [0.717, 1.165) is 0 Å². The van der Waals surface area contributed by atoms with Gasteiger partial charge < -0.3 is 29.6 Å². The summed E-state index contributed by atoms with van der Waals surface area (Å²) in [5.41, 5.74) is 0.846. The molecule has 0 saturated carbocycles. The number of nitrogens with zero attached hydrogens (tertiary/aromatic N) is 2. The lowest BCUT2D eigenvalue weighted by Crippen LogP contribution is -2.37. The molecule has 0 aliphatic rings. The van der Waals surface area contributed by atoms with Crippen LogP contribution in [0.4, 0.5) is 9.59 Å². The van der Waals surface area contributed by atoms with E-state index in [2.05, 4.69) is 23.8 Å². The predicted molar refractivity (Wildman–Crippen MR) is 146 cm³/mol. The van der Waals surface area contributed by atoms with Crippen LogP contribution in [0.5, 0.6) is 0 Å². The molecule has 10 heteroatoms. The van der Waals surface area contributed by atoms with Crippen LogP contribution in [0.25, 0.3) is 11.0 Å². The molecule has 1 aromatic heterocycles. The number of ether oxygens (including phenoxy) is 4. The van der Waals surface area contributed by atoms with Crippen molar-refractivity contribution in [2.24, 2.45) is 0 Å². The molecule has 0 saturated heterocycles. The monoisotopic (exact) mass is 528 g/mol. The molecule has 0 aliphatic carbocycles. The fourth-order valence-electron chi connectivity index (χ4n) is 3.32. The number of fused-ring (bicyclic) bond motifs is 1. The number of hydrogen-bond donors (Lipinski definition) is 2. The Morgan fingerprint density at radius 2 is 1.16 bits per heavy atom. The molecule has 2 atom stereocenters. The number of rotatable bonds is 12. The second-order valence-corrected chi connectivity index (χ2v) is 10.5. The van der Waals surface area contributed by atoms with Crippen molar-refractivity contribution in [3.63, 3.8) is 0 Å². The highest BCUT2D eigenvalue weighted by molar-refractivity contribution is 5.74. The van der Waals surface area contributed by atoms with Gasteiger partial charge in [0.05, 0.1) is 48.7 Å². The fourth-order valence-corrected chi connectivity index (χ4v) is 3.32. The maximum Gasteiger partial charge on any atom is 0.407 e. The van der Waals surface area contributed by atoms with E-state index in [9.17, 15) is 9.59 Å². The van der Waals surface area contributed by atoms with Crippen LogP contribution in [0.15, 0.2) is 49.6 Å². The van der Waals surface area contributed by atoms with Crippen LogP contribution in [-0.2, 0) is 18.9 Å². The van der Waals surface area contributed by atoms with E-state index in [1.165, 1.54) is 0 Å². The molecule has 2 rings (SSSR count). The van der Waals surface area contributed by atoms with Crippen molar-refractivity contribution in [2.75, 3.05) is 26.3 Å². The van der Waals surface area contributed by atoms with E-state index in [4.69, 9.17) is 28.9 Å². The third-order valence-corrected chi connectivity index (χ3v) is 4.73. The zero-order valence-electron chi connectivity index (χ0n) is 23.2. The van der Waals surface area contributed by atoms with Gasteiger partial charge in [-0.3, -0.25) is 0 Å². The summed E-state index contributed by atoms with van der Waals surface area (Å²) < 4.78 is 22.8. The van der Waals surface area contributed by atoms with E-state index >= 15 is 0 Å². The minimum Gasteiger partial charge on any atom is -0.444 e. The Bertz CT molecular complexity index is 1020. The summed E-state index contributed by atoms with van der Waals surface area (Å²) in [6.45, 7) is 18.6. The van der Waals surface area contributed by atoms with Gasteiger partial charge >= 0.3 is 12.2 Å². The number of amides is 2. The highest BCUT2D eigenvalue weighted by atomic mass is 16.6. The van der Waals surface area contributed by atoms with Crippen LogP contribution >= 0.6 is 0 Å². The van der Waals surface area contributed by atoms with Gasteiger partial charge in [-0.25, -0.2) is 19.6 Å². The third kappa shape index (κ3) is 10.5. The lowest BCUT2D eigenvalue weighted by atomic mass is 10.1. The maximum atomic E-state index is 12.4. The molecule has 38 heavy (non-hydrogen) atoms. The smallest absolute Gasteiger partial charge is 0.407 e. The molecule has 208 valence electrons. The molecule has 1 heterocycles. The van der Waals surface area contributed by atoms with Gasteiger partial charge in [-0.1, -0.05) is 24.3 Å². The second kappa shape index (κ2) is 13.9. The molecular weight excluding hydrogens is 488 g/mol. The summed E-state index contributed by atoms with van der Waals surface area (Å²) in [5.74, 6) is 0. The van der Waals surface area contributed by atoms with Crippen molar-refractivity contribution in [2.45, 2.75) is 65.0 Å². The quantitative estimate of drug-likeness (QED) is 0.362. The summed E-state index contributed by atoms with van der Waals surface area (Å²) >= 11 is 0. The number of carbonyl (C=O) groups excluding carboxylic acids is 2. The standard InChI is InChI=1S/C28H40N4O6/c1-9-15-35-21(17-29-25(33)37-27(3,4)5)23-24(32-20-14-12-11-13-19(20)31-23)22(36-16-10-2)18-30-26(34)38-28(6,7)8/h9-14,21-22H,1-2,15-18H2,3-8H3,(H,29,33)(H,30,34)/t21-,22-/m1/s1. The van der Waals surface area contributed by atoms with Crippen LogP contribution in [0.1, 0.15) is 65.1 Å². The number of hydrogen-bond acceptors (Lipinski definition) is 8. The molecule has 0 radical (unpaired) electrons. The highest BCUT2D eigenvalue weighted by Crippen LogP contribution is 2.28. The van der Waals surface area contributed by atoms with Crippen molar-refractivity contribution in [3.05, 3.63) is 61.0 Å². The minimum absolute atomic E-state index is 0.0520. The molecule has 2 amide bonds. The Kier molecular flexibility index (Phi) is 11.2. The molecule has 2 aromatic rings. The van der Waals surface area contributed by atoms with E-state index in [1.54, 1.807) is 53.7 Å². The van der Waals surface area contributed by atoms with Gasteiger partial charge in [-0.05, 0) is 53.7 Å². The Hall–Kier alpha value is -3.50. The normalized spacial score (nSPS) is 13.3. The van der Waals surface area contributed by atoms with Gasteiger partial charge in [-0.2, -0.15) is 0 Å². The van der Waals surface area contributed by atoms with Crippen LogP contribution in [0.2, 0.25) is 0 Å². The summed E-state index contributed by atoms with van der Waals surface area (Å²) in [4.78, 5) is 34.4. The average Bonchev–Trinajstić information content (AvgIpc) is 2.81. The topological polar surface area (TPSA) is 121 Å². The van der Waals surface area contributed by atoms with E-state index < -0.39 is 35.6 Å². The molecule has 0 aliphatic heterocycles. The molecule has 0 fully saturated rings. The summed E-state index contributed by atoms with van der Waals surface area (Å²) in [6, 6.07) is 7.38. The third-order valence-electron chi connectivity index (χ3n) is 4.73. The first-order chi connectivity index (χ1) is 17.8. The molecule has 0 unspecified atom stereocenters. The van der Waals surface area contributed by atoms with Crippen LogP contribution in [0.3, 0.4) is 0 Å². The van der Waals surface area contributed by atoms with Gasteiger partial charge in [0.2, 0.25) is 0 Å². The van der Waals surface area contributed by atoms with Crippen molar-refractivity contribution < 1.29 is 28.5 Å². The first-order valence-corrected chi connectivity index (χ1v) is 12.5. The summed E-state index contributed by atoms with van der Waals surface area (Å²) in [6.07, 6.45) is 0.583. The van der Waals surface area contributed by atoms with E-state index in [0.29, 0.717) is 22.4 Å². The Morgan fingerprint density at radius 3 is 1.47 bits per heavy atom. The number of alkyl carbamates (subject to hydrolysis) is 2. The van der Waals surface area contributed by atoms with Crippen molar-refractivity contribution >= 4 is 23.2 Å². The van der Waals surface area contributed by atoms with Gasteiger partial charge in [0, 0.05) is 0 Å². The predicted octanol–water partition coefficient (Wildman–Crippen LogP) is 5.17. The van der Waals surface area contributed by atoms with Crippen LogP contribution < -0.4 is 10.6 Å². The lowest BCUT2D eigenvalue weighted by molar-refractivity contribution is 0.0326. The number of benzene rings is 1. The molecule has 1 aromatic carbocycles. The lowest BCUT2D eigenvalue weighted by Gasteiger charge is -2.26. The Balaban J connectivity index is 2.47. The molecule has 0 bridgehead atoms. The van der Waals surface area contributed by atoms with E-state index in [-0.39, 0.29) is 26.3 Å². The number of nitrogens with one attached hydrogen (secondary N) is 2. The van der Waals surface area contributed by atoms with Gasteiger partial charge in [-0.15, -0.1) is 13.2 Å². The minimum atomic E-state index is -0.719. The summed E-state index contributed by atoms with van der Waals surface area (Å²) in [7, 11) is 0. The highest BCUT2D eigenvalue weighted by Gasteiger charge is 2.28. The van der Waals surface area contributed by atoms with Gasteiger partial charge in [0.25, 0.3) is 0 Å². The first kappa shape index (κ1) is 30.7. The Morgan fingerprint density at radius 1 is 0.789 bits per heavy atom. The fraction of sp³-hybridized carbons (Fsp3) is 0.500. The van der Waals surface area contributed by atoms with Gasteiger partial charge in [0.1, 0.15) is 23.4 Å².